The van der Waals surface area contributed by atoms with E-state index < -0.39 is 5.97 Å². The molecule has 5 nitrogen and oxygen atoms in total. The molecule has 0 unspecified atom stereocenters. The van der Waals surface area contributed by atoms with E-state index in [1.54, 1.807) is 0 Å². The van der Waals surface area contributed by atoms with Crippen LogP contribution in [0.4, 0.5) is 5.82 Å². The predicted molar refractivity (Wildman–Crippen MR) is 84.2 cm³/mol. The van der Waals surface area contributed by atoms with E-state index in [4.69, 9.17) is 0 Å². The van der Waals surface area contributed by atoms with Crippen molar-refractivity contribution >= 4 is 33.3 Å². The first-order valence-corrected chi connectivity index (χ1v) is 8.07. The Morgan fingerprint density at radius 3 is 2.71 bits per heavy atom. The number of thiophene rings is 1. The number of anilines is 1. The summed E-state index contributed by atoms with van der Waals surface area (Å²) >= 11 is 1.22. The number of aryl methyl sites for hydroxylation is 1. The lowest BCUT2D eigenvalue weighted by molar-refractivity contribution is 0.0701. The van der Waals surface area contributed by atoms with Crippen molar-refractivity contribution in [2.45, 2.75) is 51.5 Å². The van der Waals surface area contributed by atoms with Crippen molar-refractivity contribution in [3.8, 4) is 0 Å². The van der Waals surface area contributed by atoms with Crippen LogP contribution in [-0.2, 0) is 0 Å². The van der Waals surface area contributed by atoms with Gasteiger partial charge in [-0.1, -0.05) is 19.3 Å². The molecule has 0 atom stereocenters. The van der Waals surface area contributed by atoms with Crippen molar-refractivity contribution in [2.75, 3.05) is 5.32 Å². The predicted octanol–water partition coefficient (Wildman–Crippen LogP) is 3.83. The van der Waals surface area contributed by atoms with E-state index in [1.807, 2.05) is 6.92 Å². The largest absolute Gasteiger partial charge is 0.477 e. The number of aromatic carboxylic acids is 1. The fourth-order valence-corrected chi connectivity index (χ4v) is 4.10. The number of hydrogen-bond acceptors (Lipinski definition) is 5. The summed E-state index contributed by atoms with van der Waals surface area (Å²) in [5, 5.41) is 13.7. The smallest absolute Gasteiger partial charge is 0.346 e. The highest BCUT2D eigenvalue weighted by Gasteiger charge is 2.28. The van der Waals surface area contributed by atoms with Crippen molar-refractivity contribution in [3.63, 3.8) is 0 Å². The van der Waals surface area contributed by atoms with Gasteiger partial charge >= 0.3 is 5.97 Å². The molecule has 2 N–H and O–H groups in total. The van der Waals surface area contributed by atoms with Crippen molar-refractivity contribution < 1.29 is 9.90 Å². The lowest BCUT2D eigenvalue weighted by Gasteiger charge is -2.35. The van der Waals surface area contributed by atoms with Gasteiger partial charge in [-0.25, -0.2) is 14.8 Å². The summed E-state index contributed by atoms with van der Waals surface area (Å²) in [5.41, 5.74) is 0.794. The third kappa shape index (κ3) is 2.60. The molecule has 0 amide bonds. The molecule has 2 aromatic heterocycles. The van der Waals surface area contributed by atoms with Crippen LogP contribution in [-0.4, -0.2) is 26.6 Å². The van der Waals surface area contributed by atoms with Crippen molar-refractivity contribution in [1.82, 2.24) is 9.97 Å². The van der Waals surface area contributed by atoms with Gasteiger partial charge in [-0.3, -0.25) is 0 Å². The first-order valence-electron chi connectivity index (χ1n) is 7.26. The molecular formula is C15H19N3O2S. The van der Waals surface area contributed by atoms with Gasteiger partial charge < -0.3 is 10.4 Å². The SMILES string of the molecule is Cc1c(C(=O)O)sc2ncnc(NC3(C)CCCCC3)c12. The Labute approximate surface area is 127 Å². The van der Waals surface area contributed by atoms with E-state index in [1.165, 1.54) is 36.9 Å². The lowest BCUT2D eigenvalue weighted by Crippen LogP contribution is -2.37. The zero-order valence-electron chi connectivity index (χ0n) is 12.3. The molecule has 0 radical (unpaired) electrons. The van der Waals surface area contributed by atoms with Gasteiger partial charge in [0.15, 0.2) is 0 Å². The number of hydrogen-bond donors (Lipinski definition) is 2. The maximum Gasteiger partial charge on any atom is 0.346 e. The molecule has 2 heterocycles. The monoisotopic (exact) mass is 305 g/mol. The van der Waals surface area contributed by atoms with Crippen LogP contribution < -0.4 is 5.32 Å². The van der Waals surface area contributed by atoms with E-state index in [-0.39, 0.29) is 5.54 Å². The fourth-order valence-electron chi connectivity index (χ4n) is 3.11. The van der Waals surface area contributed by atoms with E-state index >= 15 is 0 Å². The molecule has 1 saturated carbocycles. The summed E-state index contributed by atoms with van der Waals surface area (Å²) in [6, 6.07) is 0. The van der Waals surface area contributed by atoms with Crippen LogP contribution in [0.1, 0.15) is 54.3 Å². The fraction of sp³-hybridized carbons (Fsp3) is 0.533. The normalized spacial score (nSPS) is 17.8. The molecule has 1 aliphatic carbocycles. The van der Waals surface area contributed by atoms with E-state index in [0.29, 0.717) is 4.88 Å². The zero-order valence-corrected chi connectivity index (χ0v) is 13.1. The van der Waals surface area contributed by atoms with Crippen LogP contribution in [0.15, 0.2) is 6.33 Å². The second kappa shape index (κ2) is 5.26. The minimum absolute atomic E-state index is 0.0390. The molecule has 0 saturated heterocycles. The molecule has 0 aromatic carbocycles. The minimum atomic E-state index is -0.898. The number of carboxylic acid groups (broad SMARTS) is 1. The lowest BCUT2D eigenvalue weighted by atomic mass is 9.83. The van der Waals surface area contributed by atoms with Crippen LogP contribution in [0.5, 0.6) is 0 Å². The quantitative estimate of drug-likeness (QED) is 0.901. The highest BCUT2D eigenvalue weighted by atomic mass is 32.1. The molecule has 1 fully saturated rings. The molecule has 6 heteroatoms. The number of rotatable bonds is 3. The number of nitrogens with zero attached hydrogens (tertiary/aromatic N) is 2. The van der Waals surface area contributed by atoms with Gasteiger partial charge in [-0.2, -0.15) is 0 Å². The van der Waals surface area contributed by atoms with Crippen LogP contribution >= 0.6 is 11.3 Å². The average Bonchev–Trinajstić information content (AvgIpc) is 2.78. The van der Waals surface area contributed by atoms with Crippen molar-refractivity contribution in [3.05, 3.63) is 16.8 Å². The second-order valence-corrected chi connectivity index (χ2v) is 7.01. The third-order valence-corrected chi connectivity index (χ3v) is 5.49. The van der Waals surface area contributed by atoms with E-state index in [2.05, 4.69) is 22.2 Å². The highest BCUT2D eigenvalue weighted by Crippen LogP contribution is 2.37. The van der Waals surface area contributed by atoms with Gasteiger partial charge in [-0.05, 0) is 32.3 Å². The average molecular weight is 305 g/mol. The summed E-state index contributed by atoms with van der Waals surface area (Å²) in [6.07, 6.45) is 7.48. The molecular weight excluding hydrogens is 286 g/mol. The number of carboxylic acids is 1. The third-order valence-electron chi connectivity index (χ3n) is 4.30. The number of fused-ring (bicyclic) bond motifs is 1. The minimum Gasteiger partial charge on any atom is -0.477 e. The molecule has 21 heavy (non-hydrogen) atoms. The van der Waals surface area contributed by atoms with Crippen LogP contribution in [0, 0.1) is 6.92 Å². The Balaban J connectivity index is 2.04. The maximum atomic E-state index is 11.3. The molecule has 0 aliphatic heterocycles. The van der Waals surface area contributed by atoms with Gasteiger partial charge in [0.1, 0.15) is 21.9 Å². The van der Waals surface area contributed by atoms with Gasteiger partial charge in [0.05, 0.1) is 5.39 Å². The summed E-state index contributed by atoms with van der Waals surface area (Å²) in [5.74, 6) is -0.129. The topological polar surface area (TPSA) is 75.1 Å². The van der Waals surface area contributed by atoms with Gasteiger partial charge in [0.2, 0.25) is 0 Å². The molecule has 0 bridgehead atoms. The second-order valence-electron chi connectivity index (χ2n) is 6.01. The van der Waals surface area contributed by atoms with Gasteiger partial charge in [0.25, 0.3) is 0 Å². The van der Waals surface area contributed by atoms with Crippen molar-refractivity contribution in [1.29, 1.82) is 0 Å². The molecule has 2 aromatic rings. The molecule has 112 valence electrons. The van der Waals surface area contributed by atoms with Crippen LogP contribution in [0.3, 0.4) is 0 Å². The number of aromatic nitrogens is 2. The van der Waals surface area contributed by atoms with Gasteiger partial charge in [0, 0.05) is 5.54 Å². The van der Waals surface area contributed by atoms with E-state index in [0.717, 1.165) is 34.4 Å². The van der Waals surface area contributed by atoms with Crippen LogP contribution in [0.2, 0.25) is 0 Å². The zero-order chi connectivity index (χ0) is 15.0. The summed E-state index contributed by atoms with van der Waals surface area (Å²) in [4.78, 5) is 21.0. The first-order chi connectivity index (χ1) is 10.0. The standard InChI is InChI=1S/C15H19N3O2S/c1-9-10-12(18-15(2)6-4-3-5-7-15)16-8-17-13(10)21-11(9)14(19)20/h8H,3-7H2,1-2H3,(H,19,20)(H,16,17,18). The van der Waals surface area contributed by atoms with Crippen molar-refractivity contribution in [2.24, 2.45) is 0 Å². The first kappa shape index (κ1) is 14.3. The molecule has 3 rings (SSSR count). The summed E-state index contributed by atoms with van der Waals surface area (Å²) in [6.45, 7) is 4.06. The Bertz CT molecular complexity index is 690. The van der Waals surface area contributed by atoms with Crippen LogP contribution in [0.25, 0.3) is 10.2 Å². The number of carbonyl (C=O) groups is 1. The molecule has 1 aliphatic rings. The Kier molecular flexibility index (Phi) is 3.57. The highest BCUT2D eigenvalue weighted by molar-refractivity contribution is 7.20. The summed E-state index contributed by atoms with van der Waals surface area (Å²) in [7, 11) is 0. The Hall–Kier alpha value is -1.69. The Morgan fingerprint density at radius 1 is 1.33 bits per heavy atom. The maximum absolute atomic E-state index is 11.3. The summed E-state index contributed by atoms with van der Waals surface area (Å²) < 4.78 is 0. The van der Waals surface area contributed by atoms with E-state index in [9.17, 15) is 9.90 Å². The molecule has 0 spiro atoms. The Morgan fingerprint density at radius 2 is 2.05 bits per heavy atom. The number of nitrogens with one attached hydrogen (secondary N) is 1. The van der Waals surface area contributed by atoms with Gasteiger partial charge in [-0.15, -0.1) is 11.3 Å².